The van der Waals surface area contributed by atoms with Gasteiger partial charge in [0.25, 0.3) is 5.69 Å². The maximum Gasteiger partial charge on any atom is 0.270 e. The summed E-state index contributed by atoms with van der Waals surface area (Å²) in [7, 11) is 0. The van der Waals surface area contributed by atoms with E-state index in [-0.39, 0.29) is 5.69 Å². The number of halogens is 1. The number of rotatable bonds is 4. The highest BCUT2D eigenvalue weighted by atomic mass is 79.9. The summed E-state index contributed by atoms with van der Waals surface area (Å²) < 4.78 is 5.02. The molecule has 4 rings (SSSR count). The summed E-state index contributed by atoms with van der Waals surface area (Å²) in [6, 6.07) is 12.4. The van der Waals surface area contributed by atoms with Crippen molar-refractivity contribution in [2.75, 3.05) is 0 Å². The van der Waals surface area contributed by atoms with E-state index in [9.17, 15) is 10.1 Å². The van der Waals surface area contributed by atoms with E-state index in [4.69, 9.17) is 12.2 Å². The minimum absolute atomic E-state index is 0.0367. The molecule has 0 aliphatic carbocycles. The van der Waals surface area contributed by atoms with Crippen molar-refractivity contribution in [1.29, 1.82) is 0 Å². The number of nitrogens with zero attached hydrogens (tertiary/aromatic N) is 5. The van der Waals surface area contributed by atoms with Gasteiger partial charge in [-0.05, 0) is 42.5 Å². The molecule has 0 unspecified atom stereocenters. The molecule has 26 heavy (non-hydrogen) atoms. The fourth-order valence-corrected chi connectivity index (χ4v) is 3.26. The van der Waals surface area contributed by atoms with E-state index < -0.39 is 4.92 Å². The zero-order valence-electron chi connectivity index (χ0n) is 13.2. The minimum Gasteiger partial charge on any atom is -0.271 e. The quantitative estimate of drug-likeness (QED) is 0.300. The van der Waals surface area contributed by atoms with Crippen LogP contribution < -0.4 is 0 Å². The van der Waals surface area contributed by atoms with Gasteiger partial charge < -0.3 is 0 Å². The van der Waals surface area contributed by atoms with Gasteiger partial charge in [-0.2, -0.15) is 10.2 Å². The lowest BCUT2D eigenvalue weighted by Crippen LogP contribution is -2.08. The lowest BCUT2D eigenvalue weighted by atomic mass is 10.2. The summed E-state index contributed by atoms with van der Waals surface area (Å²) in [6.07, 6.45) is 1.60. The van der Waals surface area contributed by atoms with Crippen molar-refractivity contribution in [1.82, 2.24) is 24.5 Å². The van der Waals surface area contributed by atoms with Crippen molar-refractivity contribution in [3.8, 4) is 5.69 Å². The Morgan fingerprint density at radius 3 is 2.73 bits per heavy atom. The topological polar surface area (TPSA) is 94.6 Å². The third-order valence-corrected chi connectivity index (χ3v) is 4.76. The molecule has 0 saturated carbocycles. The van der Waals surface area contributed by atoms with Crippen LogP contribution in [0.2, 0.25) is 0 Å². The van der Waals surface area contributed by atoms with Gasteiger partial charge in [0.2, 0.25) is 0 Å². The predicted molar refractivity (Wildman–Crippen MR) is 102 cm³/mol. The molecule has 10 heteroatoms. The average Bonchev–Trinajstić information content (AvgIpc) is 3.19. The standard InChI is InChI=1S/C16H11BrN6O2S/c17-11-1-3-12(4-2-11)22-15(19-20-16(22)26)9-21-14-6-5-13(23(24)25)7-10(14)8-18-21/h1-8H,9H2,(H,20,26). The summed E-state index contributed by atoms with van der Waals surface area (Å²) in [6.45, 7) is 0.366. The molecular weight excluding hydrogens is 420 g/mol. The van der Waals surface area contributed by atoms with Gasteiger partial charge >= 0.3 is 0 Å². The fraction of sp³-hybridized carbons (Fsp3) is 0.0625. The molecule has 0 amide bonds. The Balaban J connectivity index is 1.75. The highest BCUT2D eigenvalue weighted by molar-refractivity contribution is 9.10. The van der Waals surface area contributed by atoms with Crippen molar-refractivity contribution in [2.24, 2.45) is 0 Å². The zero-order chi connectivity index (χ0) is 18.3. The minimum atomic E-state index is -0.421. The second-order valence-electron chi connectivity index (χ2n) is 5.56. The summed E-state index contributed by atoms with van der Waals surface area (Å²) in [5.74, 6) is 0.681. The highest BCUT2D eigenvalue weighted by Gasteiger charge is 2.13. The Kier molecular flexibility index (Phi) is 4.13. The first-order valence-electron chi connectivity index (χ1n) is 7.55. The van der Waals surface area contributed by atoms with Gasteiger partial charge in [-0.1, -0.05) is 15.9 Å². The van der Waals surface area contributed by atoms with Crippen molar-refractivity contribution in [3.63, 3.8) is 0 Å². The molecule has 8 nitrogen and oxygen atoms in total. The van der Waals surface area contributed by atoms with Crippen LogP contribution in [-0.4, -0.2) is 29.5 Å². The van der Waals surface area contributed by atoms with Gasteiger partial charge in [-0.3, -0.25) is 24.5 Å². The molecule has 2 aromatic heterocycles. The van der Waals surface area contributed by atoms with Gasteiger partial charge in [0.15, 0.2) is 10.6 Å². The average molecular weight is 431 g/mol. The van der Waals surface area contributed by atoms with Crippen molar-refractivity contribution < 1.29 is 4.92 Å². The zero-order valence-corrected chi connectivity index (χ0v) is 15.6. The number of benzene rings is 2. The Hall–Kier alpha value is -2.85. The smallest absolute Gasteiger partial charge is 0.270 e. The van der Waals surface area contributed by atoms with E-state index in [1.165, 1.54) is 12.1 Å². The summed E-state index contributed by atoms with van der Waals surface area (Å²) in [4.78, 5) is 10.5. The first kappa shape index (κ1) is 16.6. The molecule has 2 heterocycles. The van der Waals surface area contributed by atoms with E-state index in [1.807, 2.05) is 28.8 Å². The fourth-order valence-electron chi connectivity index (χ4n) is 2.74. The Labute approximate surface area is 160 Å². The van der Waals surface area contributed by atoms with Crippen LogP contribution in [0.4, 0.5) is 5.69 Å². The highest BCUT2D eigenvalue weighted by Crippen LogP contribution is 2.22. The Bertz CT molecular complexity index is 1180. The monoisotopic (exact) mass is 430 g/mol. The molecule has 2 aromatic carbocycles. The lowest BCUT2D eigenvalue weighted by molar-refractivity contribution is -0.384. The molecule has 0 fully saturated rings. The molecule has 0 aliphatic heterocycles. The van der Waals surface area contributed by atoms with Crippen LogP contribution in [0.3, 0.4) is 0 Å². The molecule has 0 bridgehead atoms. The number of non-ortho nitro benzene ring substituents is 1. The number of hydrogen-bond donors (Lipinski definition) is 1. The molecule has 130 valence electrons. The van der Waals surface area contributed by atoms with E-state index >= 15 is 0 Å². The second kappa shape index (κ2) is 6.46. The van der Waals surface area contributed by atoms with Gasteiger partial charge in [0.1, 0.15) is 6.54 Å². The van der Waals surface area contributed by atoms with Crippen molar-refractivity contribution >= 4 is 44.7 Å². The maximum atomic E-state index is 10.9. The number of fused-ring (bicyclic) bond motifs is 1. The first-order chi connectivity index (χ1) is 12.5. The van der Waals surface area contributed by atoms with Gasteiger partial charge in [-0.25, -0.2) is 0 Å². The molecule has 0 aliphatic rings. The van der Waals surface area contributed by atoms with Crippen LogP contribution in [-0.2, 0) is 6.54 Å². The number of nitro groups is 1. The first-order valence-corrected chi connectivity index (χ1v) is 8.75. The van der Waals surface area contributed by atoms with Crippen LogP contribution in [0.25, 0.3) is 16.6 Å². The molecule has 0 atom stereocenters. The van der Waals surface area contributed by atoms with Crippen LogP contribution in [0.5, 0.6) is 0 Å². The predicted octanol–water partition coefficient (Wildman–Crippen LogP) is 4.00. The normalized spacial score (nSPS) is 11.1. The molecule has 1 N–H and O–H groups in total. The summed E-state index contributed by atoms with van der Waals surface area (Å²) in [5, 5.41) is 23.1. The van der Waals surface area contributed by atoms with E-state index in [0.717, 1.165) is 15.7 Å². The van der Waals surface area contributed by atoms with Crippen LogP contribution in [0, 0.1) is 14.9 Å². The molecule has 0 radical (unpaired) electrons. The number of nitro benzene ring substituents is 1. The van der Waals surface area contributed by atoms with Crippen molar-refractivity contribution in [3.05, 3.63) is 73.8 Å². The van der Waals surface area contributed by atoms with Crippen LogP contribution in [0.15, 0.2) is 53.1 Å². The Morgan fingerprint density at radius 2 is 2.00 bits per heavy atom. The molecule has 0 spiro atoms. The van der Waals surface area contributed by atoms with E-state index in [1.54, 1.807) is 16.9 Å². The molecule has 4 aromatic rings. The summed E-state index contributed by atoms with van der Waals surface area (Å²) >= 11 is 8.77. The largest absolute Gasteiger partial charge is 0.271 e. The van der Waals surface area contributed by atoms with Gasteiger partial charge in [0, 0.05) is 27.7 Å². The van der Waals surface area contributed by atoms with Crippen LogP contribution >= 0.6 is 28.1 Å². The maximum absolute atomic E-state index is 10.9. The number of H-pyrrole nitrogens is 1. The van der Waals surface area contributed by atoms with Crippen molar-refractivity contribution in [2.45, 2.75) is 6.54 Å². The molecular formula is C16H11BrN6O2S. The van der Waals surface area contributed by atoms with E-state index in [0.29, 0.717) is 22.5 Å². The second-order valence-corrected chi connectivity index (χ2v) is 6.86. The summed E-state index contributed by atoms with van der Waals surface area (Å²) in [5.41, 5.74) is 1.70. The van der Waals surface area contributed by atoms with Gasteiger partial charge in [-0.15, -0.1) is 0 Å². The third kappa shape index (κ3) is 2.93. The van der Waals surface area contributed by atoms with E-state index in [2.05, 4.69) is 31.2 Å². The number of nitrogens with one attached hydrogen (secondary N) is 1. The number of aromatic amines is 1. The lowest BCUT2D eigenvalue weighted by Gasteiger charge is -2.08. The third-order valence-electron chi connectivity index (χ3n) is 3.95. The SMILES string of the molecule is O=[N+]([O-])c1ccc2c(cnn2Cc2n[nH]c(=S)n2-c2ccc(Br)cc2)c1. The number of aromatic nitrogens is 5. The van der Waals surface area contributed by atoms with Crippen LogP contribution in [0.1, 0.15) is 5.82 Å². The molecule has 0 saturated heterocycles. The Morgan fingerprint density at radius 1 is 1.23 bits per heavy atom. The van der Waals surface area contributed by atoms with Gasteiger partial charge in [0.05, 0.1) is 16.6 Å². The number of hydrogen-bond acceptors (Lipinski definition) is 5.